The van der Waals surface area contributed by atoms with E-state index in [9.17, 15) is 34.2 Å². The molecule has 14 nitrogen and oxygen atoms in total. The molecule has 3 heterocycles. The average Bonchev–Trinajstić information content (AvgIpc) is 3.84. The van der Waals surface area contributed by atoms with Gasteiger partial charge < -0.3 is 46.8 Å². The van der Waals surface area contributed by atoms with Crippen molar-refractivity contribution in [1.82, 2.24) is 30.9 Å². The van der Waals surface area contributed by atoms with Gasteiger partial charge in [-0.1, -0.05) is 54.6 Å². The van der Waals surface area contributed by atoms with Crippen LogP contribution < -0.4 is 21.7 Å². The molecule has 0 aliphatic carbocycles. The number of amides is 3. The lowest BCUT2D eigenvalue weighted by molar-refractivity contribution is -0.143. The summed E-state index contributed by atoms with van der Waals surface area (Å²) >= 11 is 0. The van der Waals surface area contributed by atoms with Gasteiger partial charge in [-0.15, -0.1) is 0 Å². The fraction of sp³-hybridized carbons (Fsp3) is 0.216. The quantitative estimate of drug-likeness (QED) is 0.0774. The molecule has 14 heteroatoms. The number of carbonyl (C=O) groups excluding carboxylic acids is 3. The Labute approximate surface area is 290 Å². The summed E-state index contributed by atoms with van der Waals surface area (Å²) in [4.78, 5) is 74.4. The summed E-state index contributed by atoms with van der Waals surface area (Å²) in [5.41, 5.74) is 10.7. The molecule has 0 aliphatic rings. The molecular weight excluding hydrogens is 654 g/mol. The van der Waals surface area contributed by atoms with Gasteiger partial charge in [-0.2, -0.15) is 0 Å². The van der Waals surface area contributed by atoms with Gasteiger partial charge in [0, 0.05) is 64.1 Å². The van der Waals surface area contributed by atoms with Gasteiger partial charge in [-0.05, 0) is 41.3 Å². The largest absolute Gasteiger partial charge is 0.481 e. The number of fused-ring (bicyclic) bond motifs is 3. The Morgan fingerprint density at radius 3 is 1.41 bits per heavy atom. The van der Waals surface area contributed by atoms with Gasteiger partial charge in [0.25, 0.3) is 0 Å². The van der Waals surface area contributed by atoms with E-state index in [-0.39, 0.29) is 19.3 Å². The van der Waals surface area contributed by atoms with E-state index in [1.165, 1.54) is 0 Å². The van der Waals surface area contributed by atoms with Crippen molar-refractivity contribution in [2.24, 2.45) is 5.73 Å². The Hall–Kier alpha value is -6.41. The van der Waals surface area contributed by atoms with Crippen LogP contribution in [0.25, 0.3) is 32.7 Å². The number of H-pyrrole nitrogens is 3. The predicted molar refractivity (Wildman–Crippen MR) is 190 cm³/mol. The molecule has 4 atom stereocenters. The third kappa shape index (κ3) is 7.92. The maximum absolute atomic E-state index is 13.9. The maximum Gasteiger partial charge on any atom is 0.326 e. The summed E-state index contributed by atoms with van der Waals surface area (Å²) in [5.74, 6) is -5.18. The monoisotopic (exact) mass is 691 g/mol. The maximum atomic E-state index is 13.9. The number of aromatic nitrogens is 3. The first kappa shape index (κ1) is 34.5. The molecule has 6 rings (SSSR count). The SMILES string of the molecule is NC(Cc1c[nH]c2ccccc12)C(=O)NC(CC(=O)O)C(=O)NC(Cc1c[nH]c2ccccc12)C(=O)NC(Cc1c[nH]c2ccccc12)C(=O)O. The standard InChI is InChI=1S/C37H37N7O7/c38-26(13-20-17-39-27-10-4-1-7-23(20)27)34(47)42-31(16-33(45)46)36(49)43-30(14-21-18-40-28-11-5-2-8-24(21)28)35(48)44-32(37(50)51)15-22-19-41-29-12-6-3-9-25(22)29/h1-12,17-19,26,30-32,39-41H,13-16,38H2,(H,42,47)(H,43,49)(H,44,48)(H,45,46)(H,50,51). The first-order chi connectivity index (χ1) is 24.6. The lowest BCUT2D eigenvalue weighted by atomic mass is 10.0. The smallest absolute Gasteiger partial charge is 0.326 e. The van der Waals surface area contributed by atoms with Crippen molar-refractivity contribution >= 4 is 62.4 Å². The van der Waals surface area contributed by atoms with E-state index < -0.39 is 60.2 Å². The second-order valence-electron chi connectivity index (χ2n) is 12.4. The number of carbonyl (C=O) groups is 5. The van der Waals surface area contributed by atoms with Gasteiger partial charge >= 0.3 is 11.9 Å². The van der Waals surface area contributed by atoms with Crippen molar-refractivity contribution in [1.29, 1.82) is 0 Å². The van der Waals surface area contributed by atoms with Gasteiger partial charge in [-0.3, -0.25) is 19.2 Å². The van der Waals surface area contributed by atoms with Crippen molar-refractivity contribution < 1.29 is 34.2 Å². The van der Waals surface area contributed by atoms with Crippen LogP contribution in [0.5, 0.6) is 0 Å². The van der Waals surface area contributed by atoms with Crippen LogP contribution in [0, 0.1) is 0 Å². The molecule has 0 saturated carbocycles. The number of hydrogen-bond donors (Lipinski definition) is 9. The summed E-state index contributed by atoms with van der Waals surface area (Å²) in [6, 6.07) is 16.7. The lowest BCUT2D eigenvalue weighted by Crippen LogP contribution is -2.58. The molecule has 0 aliphatic heterocycles. The van der Waals surface area contributed by atoms with Gasteiger partial charge in [0.1, 0.15) is 18.1 Å². The molecule has 0 fully saturated rings. The van der Waals surface area contributed by atoms with Crippen molar-refractivity contribution in [3.8, 4) is 0 Å². The van der Waals surface area contributed by atoms with Crippen LogP contribution in [0.2, 0.25) is 0 Å². The molecule has 3 amide bonds. The van der Waals surface area contributed by atoms with Crippen LogP contribution in [0.3, 0.4) is 0 Å². The van der Waals surface area contributed by atoms with Gasteiger partial charge in [-0.25, -0.2) is 4.79 Å². The molecule has 0 radical (unpaired) electrons. The molecule has 4 unspecified atom stereocenters. The average molecular weight is 692 g/mol. The van der Waals surface area contributed by atoms with E-state index in [1.807, 2.05) is 72.8 Å². The minimum atomic E-state index is -1.59. The van der Waals surface area contributed by atoms with Gasteiger partial charge in [0.15, 0.2) is 0 Å². The van der Waals surface area contributed by atoms with Crippen molar-refractivity contribution in [3.63, 3.8) is 0 Å². The zero-order chi connectivity index (χ0) is 36.1. The summed E-state index contributed by atoms with van der Waals surface area (Å²) in [5, 5.41) is 29.8. The van der Waals surface area contributed by atoms with E-state index in [0.717, 1.165) is 38.3 Å². The number of nitrogens with two attached hydrogens (primary N) is 1. The highest BCUT2D eigenvalue weighted by Crippen LogP contribution is 2.22. The third-order valence-electron chi connectivity index (χ3n) is 8.91. The zero-order valence-corrected chi connectivity index (χ0v) is 27.3. The third-order valence-corrected chi connectivity index (χ3v) is 8.91. The Morgan fingerprint density at radius 2 is 0.941 bits per heavy atom. The van der Waals surface area contributed by atoms with Crippen LogP contribution >= 0.6 is 0 Å². The molecule has 3 aromatic carbocycles. The minimum absolute atomic E-state index is 0.0507. The number of aromatic amines is 3. The normalized spacial score (nSPS) is 13.7. The van der Waals surface area contributed by atoms with Crippen LogP contribution in [-0.4, -0.2) is 79.0 Å². The van der Waals surface area contributed by atoms with Crippen LogP contribution in [0.4, 0.5) is 0 Å². The number of hydrogen-bond acceptors (Lipinski definition) is 6. The molecular formula is C37H37N7O7. The first-order valence-corrected chi connectivity index (χ1v) is 16.3. The van der Waals surface area contributed by atoms with Crippen LogP contribution in [0.1, 0.15) is 23.1 Å². The van der Waals surface area contributed by atoms with Gasteiger partial charge in [0.05, 0.1) is 12.5 Å². The molecule has 0 saturated heterocycles. The number of rotatable bonds is 15. The van der Waals surface area contributed by atoms with Crippen molar-refractivity contribution in [3.05, 3.63) is 108 Å². The predicted octanol–water partition coefficient (Wildman–Crippen LogP) is 2.50. The fourth-order valence-electron chi connectivity index (χ4n) is 6.29. The molecule has 10 N–H and O–H groups in total. The molecule has 6 aromatic rings. The first-order valence-electron chi connectivity index (χ1n) is 16.3. The highest BCUT2D eigenvalue weighted by molar-refractivity contribution is 5.97. The van der Waals surface area contributed by atoms with E-state index in [0.29, 0.717) is 11.1 Å². The van der Waals surface area contributed by atoms with E-state index >= 15 is 0 Å². The van der Waals surface area contributed by atoms with Crippen LogP contribution in [0.15, 0.2) is 91.4 Å². The van der Waals surface area contributed by atoms with Crippen molar-refractivity contribution in [2.75, 3.05) is 0 Å². The Balaban J connectivity index is 1.21. The number of aliphatic carboxylic acids is 2. The molecule has 262 valence electrons. The zero-order valence-electron chi connectivity index (χ0n) is 27.3. The number of carboxylic acids is 2. The minimum Gasteiger partial charge on any atom is -0.481 e. The van der Waals surface area contributed by atoms with E-state index in [4.69, 9.17) is 5.73 Å². The molecule has 3 aromatic heterocycles. The van der Waals surface area contributed by atoms with Crippen LogP contribution in [-0.2, 0) is 43.2 Å². The summed E-state index contributed by atoms with van der Waals surface area (Å²) in [6.45, 7) is 0. The topological polar surface area (TPSA) is 235 Å². The Bertz CT molecular complexity index is 2240. The number of para-hydroxylation sites is 3. The number of carboxylic acid groups (broad SMARTS) is 2. The van der Waals surface area contributed by atoms with E-state index in [2.05, 4.69) is 30.9 Å². The second-order valence-corrected chi connectivity index (χ2v) is 12.4. The summed E-state index contributed by atoms with van der Waals surface area (Å²) in [6.07, 6.45) is 4.28. The molecule has 51 heavy (non-hydrogen) atoms. The van der Waals surface area contributed by atoms with Gasteiger partial charge in [0.2, 0.25) is 17.7 Å². The lowest BCUT2D eigenvalue weighted by Gasteiger charge is -2.25. The number of nitrogens with one attached hydrogen (secondary N) is 6. The summed E-state index contributed by atoms with van der Waals surface area (Å²) < 4.78 is 0. The second kappa shape index (κ2) is 15.0. The Kier molecular flexibility index (Phi) is 10.1. The molecule has 0 spiro atoms. The molecule has 0 bridgehead atoms. The highest BCUT2D eigenvalue weighted by atomic mass is 16.4. The fourth-order valence-corrected chi connectivity index (χ4v) is 6.29. The number of benzene rings is 3. The van der Waals surface area contributed by atoms with Crippen molar-refractivity contribution in [2.45, 2.75) is 49.9 Å². The Morgan fingerprint density at radius 1 is 0.549 bits per heavy atom. The summed E-state index contributed by atoms with van der Waals surface area (Å²) in [7, 11) is 0. The van der Waals surface area contributed by atoms with E-state index in [1.54, 1.807) is 18.6 Å². The highest BCUT2D eigenvalue weighted by Gasteiger charge is 2.32.